The van der Waals surface area contributed by atoms with Gasteiger partial charge in [0, 0.05) is 34.6 Å². The first-order chi connectivity index (χ1) is 15.6. The molecule has 0 amide bonds. The zero-order valence-electron chi connectivity index (χ0n) is 19.3. The number of nitrogens with two attached hydrogens (primary N) is 2. The molecule has 0 spiro atoms. The van der Waals surface area contributed by atoms with E-state index in [0.717, 1.165) is 55.0 Å². The van der Waals surface area contributed by atoms with E-state index in [4.69, 9.17) is 21.0 Å². The van der Waals surface area contributed by atoms with Crippen LogP contribution in [-0.4, -0.2) is 40.4 Å². The van der Waals surface area contributed by atoms with Gasteiger partial charge in [0.1, 0.15) is 24.5 Å². The van der Waals surface area contributed by atoms with Crippen molar-refractivity contribution in [3.05, 3.63) is 35.7 Å². The fourth-order valence-corrected chi connectivity index (χ4v) is 4.57. The Hall–Kier alpha value is -2.81. The Kier molecular flexibility index (Phi) is 6.26. The number of aromatic nitrogens is 2. The summed E-state index contributed by atoms with van der Waals surface area (Å²) in [6.07, 6.45) is 4.81. The smallest absolute Gasteiger partial charge is 0.248 e. The maximum atomic E-state index is 13.2. The van der Waals surface area contributed by atoms with Gasteiger partial charge >= 0.3 is 0 Å². The van der Waals surface area contributed by atoms with Crippen LogP contribution < -0.4 is 16.2 Å². The molecule has 0 unspecified atom stereocenters. The van der Waals surface area contributed by atoms with E-state index in [0.29, 0.717) is 17.3 Å². The Morgan fingerprint density at radius 3 is 2.58 bits per heavy atom. The molecule has 2 aliphatic carbocycles. The highest BCUT2D eigenvalue weighted by molar-refractivity contribution is 6.15. The second kappa shape index (κ2) is 8.85. The number of anilines is 1. The number of oxime groups is 1. The molecule has 0 saturated heterocycles. The summed E-state index contributed by atoms with van der Waals surface area (Å²) in [5, 5.41) is 4.32. The van der Waals surface area contributed by atoms with Crippen molar-refractivity contribution in [2.24, 2.45) is 10.9 Å². The molecule has 2 aliphatic rings. The van der Waals surface area contributed by atoms with E-state index in [-0.39, 0.29) is 18.8 Å². The molecule has 0 radical (unpaired) electrons. The summed E-state index contributed by atoms with van der Waals surface area (Å²) < 4.78 is 32.7. The van der Waals surface area contributed by atoms with Crippen LogP contribution in [0.2, 0.25) is 0 Å². The van der Waals surface area contributed by atoms with Crippen LogP contribution in [-0.2, 0) is 10.3 Å². The van der Waals surface area contributed by atoms with Gasteiger partial charge in [-0.2, -0.15) is 0 Å². The van der Waals surface area contributed by atoms with Crippen LogP contribution in [0.3, 0.4) is 0 Å². The molecule has 178 valence electrons. The molecule has 0 aliphatic heterocycles. The lowest BCUT2D eigenvalue weighted by molar-refractivity contribution is -0.0158. The minimum Gasteiger partial charge on any atom is -0.490 e. The number of benzene rings is 1. The van der Waals surface area contributed by atoms with Crippen molar-refractivity contribution in [2.75, 3.05) is 12.3 Å². The zero-order valence-corrected chi connectivity index (χ0v) is 19.3. The molecule has 1 aromatic heterocycles. The molecule has 1 saturated carbocycles. The maximum Gasteiger partial charge on any atom is 0.248 e. The average Bonchev–Trinajstić information content (AvgIpc) is 2.73. The van der Waals surface area contributed by atoms with Crippen LogP contribution in [0.25, 0.3) is 11.3 Å². The number of nitrogen functional groups attached to an aromatic ring is 1. The van der Waals surface area contributed by atoms with E-state index >= 15 is 0 Å². The maximum absolute atomic E-state index is 13.2. The van der Waals surface area contributed by atoms with Gasteiger partial charge in [-0.1, -0.05) is 5.16 Å². The minimum absolute atomic E-state index is 0.105. The third-order valence-electron chi connectivity index (χ3n) is 6.40. The first kappa shape index (κ1) is 23.4. The van der Waals surface area contributed by atoms with Crippen molar-refractivity contribution in [3.63, 3.8) is 0 Å². The number of fused-ring (bicyclic) bond motifs is 3. The number of alkyl halides is 2. The third kappa shape index (κ3) is 4.93. The van der Waals surface area contributed by atoms with E-state index in [1.807, 2.05) is 32.0 Å². The molecule has 0 atom stereocenters. The Morgan fingerprint density at radius 2 is 1.88 bits per heavy atom. The lowest BCUT2D eigenvalue weighted by atomic mass is 9.70. The molecule has 1 aromatic carbocycles. The van der Waals surface area contributed by atoms with E-state index in [1.54, 1.807) is 0 Å². The van der Waals surface area contributed by atoms with Gasteiger partial charge in [-0.15, -0.1) is 0 Å². The molecule has 9 heteroatoms. The number of hydrogen-bond acceptors (Lipinski definition) is 7. The van der Waals surface area contributed by atoms with Crippen LogP contribution in [0, 0.1) is 0 Å². The molecule has 1 heterocycles. The lowest BCUT2D eigenvalue weighted by Crippen LogP contribution is -2.36. The van der Waals surface area contributed by atoms with Gasteiger partial charge in [0.05, 0.1) is 17.5 Å². The second-order valence-corrected chi connectivity index (χ2v) is 9.56. The molecule has 2 aromatic rings. The summed E-state index contributed by atoms with van der Waals surface area (Å²) in [6, 6.07) is 5.99. The minimum atomic E-state index is -2.82. The van der Waals surface area contributed by atoms with Gasteiger partial charge in [0.25, 0.3) is 0 Å². The average molecular weight is 460 g/mol. The molecular formula is C24H31F2N5O2. The fourth-order valence-electron chi connectivity index (χ4n) is 4.57. The molecule has 0 bridgehead atoms. The number of halogens is 2. The molecule has 33 heavy (non-hydrogen) atoms. The standard InChI is InChI=1S/C24H31F2N5O2/c1-23(2)19-20(29-13-30-22(19)28)17-9-8-16(33-15-6-4-14(27)5-7-15)12-18(17)21(23)31-32-11-10-24(3,25)26/h8-9,12-15H,4-7,10-11,27H2,1-3H3,(H2,28,29,30)/b31-21+/t14-,15+. The highest BCUT2D eigenvalue weighted by Crippen LogP contribution is 2.45. The second-order valence-electron chi connectivity index (χ2n) is 9.56. The van der Waals surface area contributed by atoms with Crippen LogP contribution >= 0.6 is 0 Å². The summed E-state index contributed by atoms with van der Waals surface area (Å²) >= 11 is 0. The van der Waals surface area contributed by atoms with E-state index in [2.05, 4.69) is 15.1 Å². The molecule has 7 nitrogen and oxygen atoms in total. The predicted octanol–water partition coefficient (Wildman–Crippen LogP) is 4.43. The molecule has 1 fully saturated rings. The molecule has 4 N–H and O–H groups in total. The van der Waals surface area contributed by atoms with Gasteiger partial charge in [0.15, 0.2) is 0 Å². The third-order valence-corrected chi connectivity index (χ3v) is 6.40. The van der Waals surface area contributed by atoms with Crippen LogP contribution in [0.4, 0.5) is 14.6 Å². The first-order valence-electron chi connectivity index (χ1n) is 11.3. The Balaban J connectivity index is 1.71. The van der Waals surface area contributed by atoms with Crippen LogP contribution in [0.15, 0.2) is 29.7 Å². The molecular weight excluding hydrogens is 428 g/mol. The summed E-state index contributed by atoms with van der Waals surface area (Å²) in [5.74, 6) is -1.76. The van der Waals surface area contributed by atoms with Crippen molar-refractivity contribution >= 4 is 11.5 Å². The van der Waals surface area contributed by atoms with Crippen molar-refractivity contribution in [2.45, 2.75) is 76.4 Å². The van der Waals surface area contributed by atoms with Crippen LogP contribution in [0.5, 0.6) is 5.75 Å². The van der Waals surface area contributed by atoms with Gasteiger partial charge in [0.2, 0.25) is 5.92 Å². The van der Waals surface area contributed by atoms with Crippen molar-refractivity contribution < 1.29 is 18.4 Å². The van der Waals surface area contributed by atoms with Crippen molar-refractivity contribution in [1.29, 1.82) is 0 Å². The predicted molar refractivity (Wildman–Crippen MR) is 123 cm³/mol. The zero-order chi connectivity index (χ0) is 23.8. The van der Waals surface area contributed by atoms with Gasteiger partial charge in [-0.05, 0) is 64.7 Å². The Morgan fingerprint density at radius 1 is 1.15 bits per heavy atom. The number of ether oxygens (including phenoxy) is 1. The van der Waals surface area contributed by atoms with Gasteiger partial charge in [-0.25, -0.2) is 18.7 Å². The molecule has 4 rings (SSSR count). The van der Waals surface area contributed by atoms with E-state index in [9.17, 15) is 8.78 Å². The van der Waals surface area contributed by atoms with Crippen molar-refractivity contribution in [3.8, 4) is 17.0 Å². The highest BCUT2D eigenvalue weighted by atomic mass is 19.3. The number of hydrogen-bond donors (Lipinski definition) is 2. The number of nitrogens with zero attached hydrogens (tertiary/aromatic N) is 3. The normalized spacial score (nSPS) is 23.0. The van der Waals surface area contributed by atoms with Crippen LogP contribution in [0.1, 0.15) is 64.0 Å². The topological polar surface area (TPSA) is 109 Å². The number of rotatable bonds is 6. The Bertz CT molecular complexity index is 1040. The largest absolute Gasteiger partial charge is 0.490 e. The first-order valence-corrected chi connectivity index (χ1v) is 11.3. The highest BCUT2D eigenvalue weighted by Gasteiger charge is 2.41. The summed E-state index contributed by atoms with van der Waals surface area (Å²) in [7, 11) is 0. The van der Waals surface area contributed by atoms with Gasteiger partial charge < -0.3 is 21.0 Å². The monoisotopic (exact) mass is 459 g/mol. The summed E-state index contributed by atoms with van der Waals surface area (Å²) in [4.78, 5) is 14.0. The van der Waals surface area contributed by atoms with E-state index in [1.165, 1.54) is 6.33 Å². The summed E-state index contributed by atoms with van der Waals surface area (Å²) in [6.45, 7) is 4.55. The van der Waals surface area contributed by atoms with E-state index < -0.39 is 17.8 Å². The SMILES string of the molecule is CC(F)(F)CCO/N=C1\c2cc(O[C@H]3CC[C@@H](N)CC3)ccc2-c2ncnc(N)c2C1(C)C. The van der Waals surface area contributed by atoms with Crippen molar-refractivity contribution in [1.82, 2.24) is 9.97 Å². The Labute approximate surface area is 192 Å². The quantitative estimate of drug-likeness (QED) is 0.489. The van der Waals surface area contributed by atoms with Gasteiger partial charge in [-0.3, -0.25) is 0 Å². The summed E-state index contributed by atoms with van der Waals surface area (Å²) in [5.41, 5.74) is 15.2. The fraction of sp³-hybridized carbons (Fsp3) is 0.542. The lowest BCUT2D eigenvalue weighted by Gasteiger charge is -2.35.